The molecule has 0 radical (unpaired) electrons. The van der Waals surface area contributed by atoms with E-state index in [2.05, 4.69) is 0 Å². The van der Waals surface area contributed by atoms with E-state index >= 15 is 0 Å². The van der Waals surface area contributed by atoms with Gasteiger partial charge in [0.2, 0.25) is 0 Å². The lowest BCUT2D eigenvalue weighted by Crippen LogP contribution is -2.52. The number of halogens is 3. The first-order valence-electron chi connectivity index (χ1n) is 7.59. The zero-order chi connectivity index (χ0) is 18.7. The Kier molecular flexibility index (Phi) is 4.21. The molecule has 0 saturated carbocycles. The fraction of sp³-hybridized carbons (Fsp3) is 0.467. The normalized spacial score (nSPS) is 25.8. The maximum atomic E-state index is 14.4. The van der Waals surface area contributed by atoms with Crippen molar-refractivity contribution in [2.75, 3.05) is 0 Å². The van der Waals surface area contributed by atoms with Gasteiger partial charge >= 0.3 is 0 Å². The van der Waals surface area contributed by atoms with Gasteiger partial charge in [-0.15, -0.1) is 0 Å². The molecule has 1 aromatic rings. The highest BCUT2D eigenvalue weighted by atomic mass is 35.7. The maximum Gasteiger partial charge on any atom is 0.291 e. The van der Waals surface area contributed by atoms with Gasteiger partial charge in [-0.1, -0.05) is 18.2 Å². The highest BCUT2D eigenvalue weighted by molar-refractivity contribution is 8.13. The van der Waals surface area contributed by atoms with Crippen LogP contribution in [0.25, 0.3) is 0 Å². The molecule has 0 saturated heterocycles. The summed E-state index contributed by atoms with van der Waals surface area (Å²) in [6, 6.07) is 0. The fourth-order valence-corrected chi connectivity index (χ4v) is 6.26. The summed E-state index contributed by atoms with van der Waals surface area (Å²) in [7, 11) is -3.41. The largest absolute Gasteiger partial charge is 0.291 e. The minimum Gasteiger partial charge on any atom is -0.247 e. The molecule has 1 unspecified atom stereocenters. The van der Waals surface area contributed by atoms with Crippen LogP contribution in [0.3, 0.4) is 0 Å². The summed E-state index contributed by atoms with van der Waals surface area (Å²) in [6.45, 7) is 0.923. The van der Waals surface area contributed by atoms with Crippen LogP contribution in [-0.4, -0.2) is 31.5 Å². The highest BCUT2D eigenvalue weighted by Gasteiger charge is 2.58. The van der Waals surface area contributed by atoms with Crippen LogP contribution in [0, 0.1) is 0 Å². The molecule has 5 nitrogen and oxygen atoms in total. The van der Waals surface area contributed by atoms with Crippen molar-refractivity contribution in [2.45, 2.75) is 48.2 Å². The third-order valence-corrected chi connectivity index (χ3v) is 8.49. The van der Waals surface area contributed by atoms with Gasteiger partial charge in [0, 0.05) is 22.6 Å². The molecule has 1 atom stereocenters. The molecule has 2 aliphatic rings. The van der Waals surface area contributed by atoms with E-state index in [1.54, 1.807) is 0 Å². The van der Waals surface area contributed by atoms with Crippen molar-refractivity contribution in [3.8, 4) is 0 Å². The molecular formula is C15H16ClF2NO4S2. The molecular weight excluding hydrogens is 396 g/mol. The van der Waals surface area contributed by atoms with Crippen LogP contribution in [0.5, 0.6) is 0 Å². The Hall–Kier alpha value is -1.19. The second-order valence-electron chi connectivity index (χ2n) is 6.31. The average Bonchev–Trinajstić information content (AvgIpc) is 2.90. The van der Waals surface area contributed by atoms with Gasteiger partial charge in [0.05, 0.1) is 0 Å². The molecule has 0 aromatic carbocycles. The minimum atomic E-state index is -4.64. The van der Waals surface area contributed by atoms with Crippen LogP contribution in [-0.2, 0) is 31.9 Å². The third kappa shape index (κ3) is 2.67. The number of hydrogen-bond acceptors (Lipinski definition) is 4. The van der Waals surface area contributed by atoms with Crippen molar-refractivity contribution < 1.29 is 25.6 Å². The topological polar surface area (TPSA) is 73.2 Å². The van der Waals surface area contributed by atoms with Crippen molar-refractivity contribution in [3.63, 3.8) is 0 Å². The Morgan fingerprint density at radius 1 is 1.08 bits per heavy atom. The van der Waals surface area contributed by atoms with E-state index in [-0.39, 0.29) is 17.0 Å². The van der Waals surface area contributed by atoms with Crippen molar-refractivity contribution >= 4 is 29.8 Å². The van der Waals surface area contributed by atoms with Crippen LogP contribution >= 0.6 is 10.7 Å². The molecule has 1 aromatic heterocycles. The molecule has 0 bridgehead atoms. The lowest BCUT2D eigenvalue weighted by Gasteiger charge is -2.34. The molecule has 10 heteroatoms. The minimum absolute atomic E-state index is 0.213. The van der Waals surface area contributed by atoms with E-state index in [4.69, 9.17) is 10.7 Å². The molecule has 25 heavy (non-hydrogen) atoms. The molecule has 1 heterocycles. The highest BCUT2D eigenvalue weighted by Crippen LogP contribution is 2.43. The van der Waals surface area contributed by atoms with Gasteiger partial charge in [-0.25, -0.2) is 20.8 Å². The zero-order valence-corrected chi connectivity index (χ0v) is 15.6. The first-order chi connectivity index (χ1) is 11.4. The molecule has 0 spiro atoms. The number of alkyl halides is 2. The summed E-state index contributed by atoms with van der Waals surface area (Å²) in [4.78, 5) is -0.324. The first kappa shape index (κ1) is 18.6. The second kappa shape index (κ2) is 5.65. The van der Waals surface area contributed by atoms with Crippen LogP contribution in [0.4, 0.5) is 8.78 Å². The molecule has 0 fully saturated rings. The van der Waals surface area contributed by atoms with Crippen molar-refractivity contribution in [1.29, 1.82) is 0 Å². The molecule has 0 amide bonds. The van der Waals surface area contributed by atoms with Gasteiger partial charge in [-0.2, -0.15) is 8.78 Å². The zero-order valence-electron chi connectivity index (χ0n) is 13.2. The van der Waals surface area contributed by atoms with Crippen LogP contribution < -0.4 is 0 Å². The van der Waals surface area contributed by atoms with Crippen LogP contribution in [0.15, 0.2) is 35.4 Å². The van der Waals surface area contributed by atoms with Gasteiger partial charge in [0.15, 0.2) is 4.75 Å². The predicted octanol–water partition coefficient (Wildman–Crippen LogP) is 2.99. The summed E-state index contributed by atoms with van der Waals surface area (Å²) in [5.41, 5.74) is 0.512. The van der Waals surface area contributed by atoms with E-state index in [0.717, 1.165) is 25.3 Å². The van der Waals surface area contributed by atoms with E-state index in [0.29, 0.717) is 34.9 Å². The van der Waals surface area contributed by atoms with Gasteiger partial charge in [0.1, 0.15) is 4.90 Å². The average molecular weight is 412 g/mol. The summed E-state index contributed by atoms with van der Waals surface area (Å²) in [5, 5.41) is 0. The third-order valence-electron chi connectivity index (χ3n) is 4.79. The Labute approximate surface area is 149 Å². The smallest absolute Gasteiger partial charge is 0.247 e. The Balaban J connectivity index is 2.28. The van der Waals surface area contributed by atoms with Gasteiger partial charge in [-0.05, 0) is 44.2 Å². The predicted molar refractivity (Wildman–Crippen MR) is 90.1 cm³/mol. The lowest BCUT2D eigenvalue weighted by atomic mass is 9.98. The van der Waals surface area contributed by atoms with Gasteiger partial charge < -0.3 is 0 Å². The SMILES string of the molecule is CC1(S(=O)(=O)n2cc(S(=O)(=O)Cl)c3c2CCCC3)C=CC=CC1(F)F. The number of nitrogens with zero attached hydrogens (tertiary/aromatic N) is 1. The van der Waals surface area contributed by atoms with E-state index in [1.165, 1.54) is 6.08 Å². The number of allylic oxidation sites excluding steroid dienone is 3. The number of aromatic nitrogens is 1. The summed E-state index contributed by atoms with van der Waals surface area (Å²) >= 11 is 0. The molecule has 2 aliphatic carbocycles. The lowest BCUT2D eigenvalue weighted by molar-refractivity contribution is 0.0279. The first-order valence-corrected chi connectivity index (χ1v) is 11.3. The van der Waals surface area contributed by atoms with Crippen molar-refractivity contribution in [3.05, 3.63) is 41.8 Å². The molecule has 138 valence electrons. The molecule has 0 N–H and O–H groups in total. The summed E-state index contributed by atoms with van der Waals surface area (Å²) in [5.74, 6) is -3.65. The standard InChI is InChI=1S/C15H16ClF2NO4S2/c1-14(8-4-5-9-15(14,17)18)25(22,23)19-10-13(24(16,20)21)11-6-2-3-7-12(11)19/h4-5,8-10H,2-3,6-7H2,1H3. The maximum absolute atomic E-state index is 14.4. The number of rotatable bonds is 3. The van der Waals surface area contributed by atoms with Gasteiger partial charge in [0.25, 0.3) is 25.0 Å². The van der Waals surface area contributed by atoms with E-state index in [9.17, 15) is 25.6 Å². The van der Waals surface area contributed by atoms with Gasteiger partial charge in [-0.3, -0.25) is 0 Å². The Morgan fingerprint density at radius 2 is 1.68 bits per heavy atom. The van der Waals surface area contributed by atoms with E-state index in [1.807, 2.05) is 0 Å². The quantitative estimate of drug-likeness (QED) is 0.717. The summed E-state index contributed by atoms with van der Waals surface area (Å²) < 4.78 is 76.8. The monoisotopic (exact) mass is 411 g/mol. The van der Waals surface area contributed by atoms with Crippen molar-refractivity contribution in [1.82, 2.24) is 3.97 Å². The van der Waals surface area contributed by atoms with E-state index < -0.39 is 29.7 Å². The van der Waals surface area contributed by atoms with Crippen molar-refractivity contribution in [2.24, 2.45) is 0 Å². The Bertz CT molecular complexity index is 993. The van der Waals surface area contributed by atoms with Crippen LogP contribution in [0.1, 0.15) is 31.0 Å². The molecule has 0 aliphatic heterocycles. The number of fused-ring (bicyclic) bond motifs is 1. The fourth-order valence-electron chi connectivity index (χ4n) is 3.24. The molecule has 3 rings (SSSR count). The van der Waals surface area contributed by atoms with Crippen LogP contribution in [0.2, 0.25) is 0 Å². The number of hydrogen-bond donors (Lipinski definition) is 0. The summed E-state index contributed by atoms with van der Waals surface area (Å²) in [6.07, 6.45) is 6.56. The Morgan fingerprint density at radius 3 is 2.28 bits per heavy atom. The second-order valence-corrected chi connectivity index (χ2v) is 11.0.